The second kappa shape index (κ2) is 2.65. The van der Waals surface area contributed by atoms with E-state index in [1.165, 1.54) is 23.7 Å². The summed E-state index contributed by atoms with van der Waals surface area (Å²) in [6.07, 6.45) is 10.2. The van der Waals surface area contributed by atoms with E-state index in [1.54, 1.807) is 0 Å². The monoisotopic (exact) mass is 181 g/mol. The lowest BCUT2D eigenvalue weighted by Crippen LogP contribution is -1.89. The van der Waals surface area contributed by atoms with Crippen LogP contribution in [-0.2, 0) is 0 Å². The van der Waals surface area contributed by atoms with Crippen molar-refractivity contribution in [1.29, 1.82) is 0 Å². The van der Waals surface area contributed by atoms with Gasteiger partial charge in [0.2, 0.25) is 0 Å². The zero-order chi connectivity index (χ0) is 9.54. The van der Waals surface area contributed by atoms with Crippen molar-refractivity contribution < 1.29 is 0 Å². The molecule has 1 aromatic heterocycles. The van der Waals surface area contributed by atoms with Gasteiger partial charge in [-0.15, -0.1) is 6.42 Å². The van der Waals surface area contributed by atoms with Crippen LogP contribution >= 0.6 is 0 Å². The molecule has 0 aliphatic heterocycles. The number of hydrogen-bond acceptors (Lipinski definition) is 0. The van der Waals surface area contributed by atoms with Crippen molar-refractivity contribution >= 4 is 10.9 Å². The van der Waals surface area contributed by atoms with Crippen LogP contribution in [0.3, 0.4) is 0 Å². The standard InChI is InChI=1S/C13H11N/c1-2-10-3-6-13-11(9-10)7-8-14(13)12-4-5-12/h1,3,6-9,12H,4-5H2. The molecule has 2 aromatic rings. The molecule has 1 aromatic carbocycles. The van der Waals surface area contributed by atoms with Gasteiger partial charge in [0.25, 0.3) is 0 Å². The summed E-state index contributed by atoms with van der Waals surface area (Å²) >= 11 is 0. The highest BCUT2D eigenvalue weighted by molar-refractivity contribution is 5.82. The number of aromatic nitrogens is 1. The van der Waals surface area contributed by atoms with E-state index in [1.807, 2.05) is 6.07 Å². The molecule has 3 rings (SSSR count). The molecule has 1 aliphatic carbocycles. The van der Waals surface area contributed by atoms with Gasteiger partial charge >= 0.3 is 0 Å². The van der Waals surface area contributed by atoms with Crippen LogP contribution in [0, 0.1) is 12.3 Å². The average molecular weight is 181 g/mol. The second-order valence-corrected chi connectivity index (χ2v) is 3.87. The molecule has 1 heteroatoms. The van der Waals surface area contributed by atoms with E-state index >= 15 is 0 Å². The van der Waals surface area contributed by atoms with Gasteiger partial charge in [-0.1, -0.05) is 5.92 Å². The molecule has 1 nitrogen and oxygen atoms in total. The first-order chi connectivity index (χ1) is 6.88. The van der Waals surface area contributed by atoms with Crippen LogP contribution in [0.2, 0.25) is 0 Å². The maximum Gasteiger partial charge on any atom is 0.0483 e. The summed E-state index contributed by atoms with van der Waals surface area (Å²) in [6, 6.07) is 9.11. The molecule has 0 spiro atoms. The smallest absolute Gasteiger partial charge is 0.0483 e. The molecule has 0 atom stereocenters. The topological polar surface area (TPSA) is 4.93 Å². The largest absolute Gasteiger partial charge is 0.344 e. The molecule has 0 N–H and O–H groups in total. The van der Waals surface area contributed by atoms with Crippen molar-refractivity contribution in [3.05, 3.63) is 36.0 Å². The SMILES string of the molecule is C#Cc1ccc2c(ccn2C2CC2)c1. The van der Waals surface area contributed by atoms with Crippen molar-refractivity contribution in [2.75, 3.05) is 0 Å². The van der Waals surface area contributed by atoms with Crippen LogP contribution in [0.25, 0.3) is 10.9 Å². The molecule has 0 saturated heterocycles. The molecule has 0 unspecified atom stereocenters. The van der Waals surface area contributed by atoms with Crippen molar-refractivity contribution in [2.45, 2.75) is 18.9 Å². The maximum atomic E-state index is 5.36. The first-order valence-corrected chi connectivity index (χ1v) is 4.96. The first-order valence-electron chi connectivity index (χ1n) is 4.96. The lowest BCUT2D eigenvalue weighted by Gasteiger charge is -2.01. The third-order valence-electron chi connectivity index (χ3n) is 2.83. The molecule has 1 heterocycles. The quantitative estimate of drug-likeness (QED) is 0.596. The van der Waals surface area contributed by atoms with E-state index in [9.17, 15) is 0 Å². The van der Waals surface area contributed by atoms with Gasteiger partial charge in [0.1, 0.15) is 0 Å². The summed E-state index contributed by atoms with van der Waals surface area (Å²) in [7, 11) is 0. The van der Waals surface area contributed by atoms with Crippen molar-refractivity contribution in [3.63, 3.8) is 0 Å². The van der Waals surface area contributed by atoms with Gasteiger partial charge in [0.05, 0.1) is 0 Å². The van der Waals surface area contributed by atoms with Gasteiger partial charge in [-0.25, -0.2) is 0 Å². The zero-order valence-corrected chi connectivity index (χ0v) is 7.90. The molecule has 68 valence electrons. The van der Waals surface area contributed by atoms with Crippen LogP contribution in [0.15, 0.2) is 30.5 Å². The first kappa shape index (κ1) is 7.70. The van der Waals surface area contributed by atoms with Crippen molar-refractivity contribution in [2.24, 2.45) is 0 Å². The summed E-state index contributed by atoms with van der Waals surface area (Å²) in [5.41, 5.74) is 2.28. The fourth-order valence-corrected chi connectivity index (χ4v) is 1.92. The Morgan fingerprint density at radius 3 is 2.86 bits per heavy atom. The Morgan fingerprint density at radius 2 is 2.14 bits per heavy atom. The van der Waals surface area contributed by atoms with E-state index in [2.05, 4.69) is 34.9 Å². The highest BCUT2D eigenvalue weighted by atomic mass is 15.0. The summed E-state index contributed by atoms with van der Waals surface area (Å²) in [5, 5.41) is 1.26. The molecule has 0 amide bonds. The highest BCUT2D eigenvalue weighted by Gasteiger charge is 2.23. The van der Waals surface area contributed by atoms with Crippen LogP contribution in [-0.4, -0.2) is 4.57 Å². The minimum atomic E-state index is 0.740. The molecule has 14 heavy (non-hydrogen) atoms. The van der Waals surface area contributed by atoms with E-state index in [4.69, 9.17) is 6.42 Å². The summed E-state index contributed by atoms with van der Waals surface area (Å²) in [6.45, 7) is 0. The Labute approximate surface area is 83.4 Å². The molecule has 0 bridgehead atoms. The molecule has 1 saturated carbocycles. The van der Waals surface area contributed by atoms with Gasteiger partial charge in [-0.2, -0.15) is 0 Å². The number of terminal acetylenes is 1. The Morgan fingerprint density at radius 1 is 1.29 bits per heavy atom. The lowest BCUT2D eigenvalue weighted by molar-refractivity contribution is 0.776. The Kier molecular flexibility index (Phi) is 1.46. The van der Waals surface area contributed by atoms with Gasteiger partial charge in [-0.3, -0.25) is 0 Å². The Balaban J connectivity index is 2.23. The minimum absolute atomic E-state index is 0.740. The predicted molar refractivity (Wildman–Crippen MR) is 58.1 cm³/mol. The van der Waals surface area contributed by atoms with Gasteiger partial charge in [-0.05, 0) is 37.1 Å². The van der Waals surface area contributed by atoms with Crippen LogP contribution in [0.4, 0.5) is 0 Å². The maximum absolute atomic E-state index is 5.36. The summed E-state index contributed by atoms with van der Waals surface area (Å²) in [4.78, 5) is 0. The number of nitrogens with zero attached hydrogens (tertiary/aromatic N) is 1. The Hall–Kier alpha value is -1.68. The molecule has 0 radical (unpaired) electrons. The normalized spacial score (nSPS) is 15.6. The summed E-state index contributed by atoms with van der Waals surface area (Å²) in [5.74, 6) is 2.66. The van der Waals surface area contributed by atoms with Crippen molar-refractivity contribution in [1.82, 2.24) is 4.57 Å². The highest BCUT2D eigenvalue weighted by Crippen LogP contribution is 2.37. The lowest BCUT2D eigenvalue weighted by atomic mass is 10.2. The fraction of sp³-hybridized carbons (Fsp3) is 0.231. The average Bonchev–Trinajstić information content (AvgIpc) is 2.98. The van der Waals surface area contributed by atoms with Crippen LogP contribution in [0.5, 0.6) is 0 Å². The number of fused-ring (bicyclic) bond motifs is 1. The molecular formula is C13H11N. The molecular weight excluding hydrogens is 170 g/mol. The summed E-state index contributed by atoms with van der Waals surface area (Å²) < 4.78 is 2.36. The number of benzene rings is 1. The van der Waals surface area contributed by atoms with E-state index in [0.29, 0.717) is 0 Å². The van der Waals surface area contributed by atoms with Gasteiger partial charge in [0.15, 0.2) is 0 Å². The predicted octanol–water partition coefficient (Wildman–Crippen LogP) is 2.96. The van der Waals surface area contributed by atoms with Crippen LogP contribution < -0.4 is 0 Å². The zero-order valence-electron chi connectivity index (χ0n) is 7.90. The third-order valence-corrected chi connectivity index (χ3v) is 2.83. The van der Waals surface area contributed by atoms with E-state index < -0.39 is 0 Å². The van der Waals surface area contributed by atoms with E-state index in [0.717, 1.165) is 11.6 Å². The Bertz CT molecular complexity index is 524. The van der Waals surface area contributed by atoms with Gasteiger partial charge < -0.3 is 4.57 Å². The van der Waals surface area contributed by atoms with Gasteiger partial charge in [0, 0.05) is 28.7 Å². The number of rotatable bonds is 1. The molecule has 1 aliphatic rings. The molecule has 1 fully saturated rings. The van der Waals surface area contributed by atoms with Crippen LogP contribution in [0.1, 0.15) is 24.4 Å². The van der Waals surface area contributed by atoms with Crippen molar-refractivity contribution in [3.8, 4) is 12.3 Å². The fourth-order valence-electron chi connectivity index (χ4n) is 1.92. The number of hydrogen-bond donors (Lipinski definition) is 0. The second-order valence-electron chi connectivity index (χ2n) is 3.87. The third kappa shape index (κ3) is 1.04. The minimum Gasteiger partial charge on any atom is -0.344 e. The van der Waals surface area contributed by atoms with E-state index in [-0.39, 0.29) is 0 Å².